The van der Waals surface area contributed by atoms with Gasteiger partial charge in [0.05, 0.1) is 0 Å². The standard InChI is InChI=1S/C12H8Cl2FN3O3S/c13-7-2-1-3-8(15)10(7)11(14)22(20,21)18-12(19)9-4-5-16-6-17-9/h1-6,11H,(H,18,19). The number of sulfonamides is 1. The zero-order valence-corrected chi connectivity index (χ0v) is 13.0. The number of alkyl halides is 1. The van der Waals surface area contributed by atoms with Crippen molar-refractivity contribution in [1.82, 2.24) is 14.7 Å². The maximum Gasteiger partial charge on any atom is 0.283 e. The van der Waals surface area contributed by atoms with Crippen LogP contribution < -0.4 is 4.72 Å². The first-order chi connectivity index (χ1) is 10.3. The number of rotatable bonds is 4. The molecule has 1 aromatic carbocycles. The number of nitrogens with zero attached hydrogens (tertiary/aromatic N) is 2. The number of halogens is 3. The minimum absolute atomic E-state index is 0.167. The van der Waals surface area contributed by atoms with E-state index in [1.54, 1.807) is 4.72 Å². The predicted molar refractivity (Wildman–Crippen MR) is 78.4 cm³/mol. The molecule has 116 valence electrons. The minimum atomic E-state index is -4.42. The molecular weight excluding hydrogens is 356 g/mol. The second-order valence-corrected chi connectivity index (χ2v) is 6.89. The van der Waals surface area contributed by atoms with E-state index in [0.29, 0.717) is 0 Å². The van der Waals surface area contributed by atoms with Gasteiger partial charge < -0.3 is 0 Å². The molecule has 1 heterocycles. The fraction of sp³-hybridized carbons (Fsp3) is 0.0833. The average Bonchev–Trinajstić information content (AvgIpc) is 2.47. The molecule has 22 heavy (non-hydrogen) atoms. The summed E-state index contributed by atoms with van der Waals surface area (Å²) in [4.78, 5) is 19.0. The molecule has 0 aliphatic rings. The summed E-state index contributed by atoms with van der Waals surface area (Å²) in [5.74, 6) is -1.91. The number of nitrogens with one attached hydrogen (secondary N) is 1. The Morgan fingerprint density at radius 1 is 1.32 bits per heavy atom. The lowest BCUT2D eigenvalue weighted by atomic mass is 10.2. The van der Waals surface area contributed by atoms with Crippen LogP contribution in [0.25, 0.3) is 0 Å². The Morgan fingerprint density at radius 3 is 2.64 bits per heavy atom. The van der Waals surface area contributed by atoms with Crippen molar-refractivity contribution in [3.8, 4) is 0 Å². The number of hydrogen-bond acceptors (Lipinski definition) is 5. The second kappa shape index (κ2) is 6.55. The number of carbonyl (C=O) groups excluding carboxylic acids is 1. The highest BCUT2D eigenvalue weighted by Gasteiger charge is 2.31. The smallest absolute Gasteiger partial charge is 0.266 e. The molecule has 0 aliphatic carbocycles. The Kier molecular flexibility index (Phi) is 4.94. The van der Waals surface area contributed by atoms with Gasteiger partial charge in [0.25, 0.3) is 15.9 Å². The van der Waals surface area contributed by atoms with Crippen molar-refractivity contribution in [2.75, 3.05) is 0 Å². The summed E-state index contributed by atoms with van der Waals surface area (Å²) in [6, 6.07) is 4.82. The Balaban J connectivity index is 2.29. The number of hydrogen-bond donors (Lipinski definition) is 1. The van der Waals surface area contributed by atoms with Gasteiger partial charge in [0.1, 0.15) is 17.8 Å². The molecule has 0 saturated heterocycles. The monoisotopic (exact) mass is 363 g/mol. The summed E-state index contributed by atoms with van der Waals surface area (Å²) >= 11 is 11.5. The summed E-state index contributed by atoms with van der Waals surface area (Å²) in [7, 11) is -4.42. The lowest BCUT2D eigenvalue weighted by Gasteiger charge is -2.14. The van der Waals surface area contributed by atoms with Crippen molar-refractivity contribution in [2.24, 2.45) is 0 Å². The van der Waals surface area contributed by atoms with Gasteiger partial charge in [-0.15, -0.1) is 0 Å². The first kappa shape index (κ1) is 16.6. The van der Waals surface area contributed by atoms with Crippen molar-refractivity contribution in [2.45, 2.75) is 4.71 Å². The lowest BCUT2D eigenvalue weighted by Crippen LogP contribution is -2.33. The summed E-state index contributed by atoms with van der Waals surface area (Å²) in [5, 5.41) is -0.167. The molecule has 1 aromatic heterocycles. The van der Waals surface area contributed by atoms with E-state index in [-0.39, 0.29) is 10.7 Å². The predicted octanol–water partition coefficient (Wildman–Crippen LogP) is 2.27. The molecule has 0 aliphatic heterocycles. The highest BCUT2D eigenvalue weighted by molar-refractivity contribution is 7.91. The zero-order valence-electron chi connectivity index (χ0n) is 10.7. The van der Waals surface area contributed by atoms with E-state index in [0.717, 1.165) is 12.4 Å². The number of carbonyl (C=O) groups is 1. The van der Waals surface area contributed by atoms with Gasteiger partial charge in [-0.3, -0.25) is 4.79 Å². The topological polar surface area (TPSA) is 89.0 Å². The Hall–Kier alpha value is -1.77. The molecule has 0 saturated carbocycles. The molecule has 0 spiro atoms. The molecule has 0 bridgehead atoms. The van der Waals surface area contributed by atoms with E-state index in [1.807, 2.05) is 0 Å². The van der Waals surface area contributed by atoms with Gasteiger partial charge >= 0.3 is 0 Å². The van der Waals surface area contributed by atoms with Crippen LogP contribution >= 0.6 is 23.2 Å². The van der Waals surface area contributed by atoms with E-state index in [2.05, 4.69) is 9.97 Å². The molecule has 1 N–H and O–H groups in total. The van der Waals surface area contributed by atoms with Crippen molar-refractivity contribution in [1.29, 1.82) is 0 Å². The van der Waals surface area contributed by atoms with Gasteiger partial charge in [-0.1, -0.05) is 29.3 Å². The molecule has 2 aromatic rings. The largest absolute Gasteiger partial charge is 0.283 e. The van der Waals surface area contributed by atoms with E-state index in [1.165, 1.54) is 24.4 Å². The Labute approximate surface area is 135 Å². The van der Waals surface area contributed by atoms with Gasteiger partial charge in [0.15, 0.2) is 4.71 Å². The quantitative estimate of drug-likeness (QED) is 0.841. The molecule has 0 fully saturated rings. The van der Waals surface area contributed by atoms with Crippen molar-refractivity contribution >= 4 is 39.1 Å². The highest BCUT2D eigenvalue weighted by Crippen LogP contribution is 2.33. The van der Waals surface area contributed by atoms with Gasteiger partial charge in [-0.05, 0) is 18.2 Å². The van der Waals surface area contributed by atoms with Crippen LogP contribution in [-0.2, 0) is 10.0 Å². The van der Waals surface area contributed by atoms with Crippen LogP contribution in [0.5, 0.6) is 0 Å². The summed E-state index contributed by atoms with van der Waals surface area (Å²) in [6.45, 7) is 0. The fourth-order valence-electron chi connectivity index (χ4n) is 1.54. The Bertz CT molecular complexity index is 782. The van der Waals surface area contributed by atoms with Crippen LogP contribution in [0.15, 0.2) is 36.8 Å². The fourth-order valence-corrected chi connectivity index (χ4v) is 3.31. The van der Waals surface area contributed by atoms with Gasteiger partial charge in [0, 0.05) is 16.8 Å². The van der Waals surface area contributed by atoms with Crippen LogP contribution in [0.4, 0.5) is 4.39 Å². The van der Waals surface area contributed by atoms with Crippen molar-refractivity contribution in [3.63, 3.8) is 0 Å². The van der Waals surface area contributed by atoms with Gasteiger partial charge in [0.2, 0.25) is 0 Å². The third-order valence-corrected chi connectivity index (χ3v) is 5.05. The second-order valence-electron chi connectivity index (χ2n) is 4.02. The van der Waals surface area contributed by atoms with Crippen LogP contribution in [0.3, 0.4) is 0 Å². The molecule has 1 amide bonds. The zero-order chi connectivity index (χ0) is 16.3. The summed E-state index contributed by atoms with van der Waals surface area (Å²) in [6.07, 6.45) is 2.34. The Morgan fingerprint density at radius 2 is 2.05 bits per heavy atom. The third kappa shape index (κ3) is 3.52. The maximum atomic E-state index is 13.7. The number of benzene rings is 1. The van der Waals surface area contributed by atoms with E-state index >= 15 is 0 Å². The minimum Gasteiger partial charge on any atom is -0.266 e. The van der Waals surface area contributed by atoms with Crippen LogP contribution in [-0.4, -0.2) is 24.3 Å². The first-order valence-corrected chi connectivity index (χ1v) is 8.09. The average molecular weight is 364 g/mol. The third-order valence-electron chi connectivity index (χ3n) is 2.55. The molecule has 0 radical (unpaired) electrons. The first-order valence-electron chi connectivity index (χ1n) is 5.73. The SMILES string of the molecule is O=C(NS(=O)(=O)C(Cl)c1c(F)cccc1Cl)c1ccncn1. The summed E-state index contributed by atoms with van der Waals surface area (Å²) in [5.41, 5.74) is -0.615. The van der Waals surface area contributed by atoms with Crippen molar-refractivity contribution in [3.05, 3.63) is 58.9 Å². The van der Waals surface area contributed by atoms with Crippen LogP contribution in [0.2, 0.25) is 5.02 Å². The van der Waals surface area contributed by atoms with Gasteiger partial charge in [-0.2, -0.15) is 0 Å². The molecule has 1 unspecified atom stereocenters. The molecule has 6 nitrogen and oxygen atoms in total. The normalized spacial score (nSPS) is 12.7. The van der Waals surface area contributed by atoms with E-state index in [9.17, 15) is 17.6 Å². The van der Waals surface area contributed by atoms with Crippen molar-refractivity contribution < 1.29 is 17.6 Å². The number of amides is 1. The van der Waals surface area contributed by atoms with E-state index in [4.69, 9.17) is 23.2 Å². The molecule has 1 atom stereocenters. The molecular formula is C12H8Cl2FN3O3S. The molecule has 10 heteroatoms. The lowest BCUT2D eigenvalue weighted by molar-refractivity contribution is 0.0976. The summed E-state index contributed by atoms with van der Waals surface area (Å²) < 4.78 is 37.7. The number of aromatic nitrogens is 2. The van der Waals surface area contributed by atoms with E-state index < -0.39 is 32.0 Å². The maximum absolute atomic E-state index is 13.7. The van der Waals surface area contributed by atoms with Crippen LogP contribution in [0.1, 0.15) is 20.8 Å². The molecule has 2 rings (SSSR count). The van der Waals surface area contributed by atoms with Gasteiger partial charge in [-0.25, -0.2) is 27.5 Å². The highest BCUT2D eigenvalue weighted by atomic mass is 35.5. The van der Waals surface area contributed by atoms with Crippen LogP contribution in [0, 0.1) is 5.82 Å².